The molecule has 7 heteroatoms. The van der Waals surface area contributed by atoms with Crippen LogP contribution in [0.2, 0.25) is 0 Å². The standard InChI is InChI=1S/C6H9BO6/c8-3-1-4-6(5(9,10)2-3)12-7(11-4)13-6/h3-4,8-10H,1-2H2. The fourth-order valence-electron chi connectivity index (χ4n) is 2.18. The molecule has 13 heavy (non-hydrogen) atoms. The van der Waals surface area contributed by atoms with Gasteiger partial charge in [0.2, 0.25) is 11.6 Å². The van der Waals surface area contributed by atoms with E-state index in [2.05, 4.69) is 0 Å². The number of aliphatic hydroxyl groups excluding tert-OH is 1. The quantitative estimate of drug-likeness (QED) is 0.299. The van der Waals surface area contributed by atoms with Gasteiger partial charge in [-0.15, -0.1) is 0 Å². The fourth-order valence-corrected chi connectivity index (χ4v) is 2.18. The molecule has 3 saturated heterocycles. The van der Waals surface area contributed by atoms with Gasteiger partial charge in [-0.2, -0.15) is 0 Å². The molecule has 2 unspecified atom stereocenters. The average molecular weight is 188 g/mol. The first kappa shape index (κ1) is 8.16. The van der Waals surface area contributed by atoms with E-state index in [4.69, 9.17) is 14.0 Å². The van der Waals surface area contributed by atoms with Gasteiger partial charge in [-0.1, -0.05) is 0 Å². The smallest absolute Gasteiger partial charge is 0.393 e. The van der Waals surface area contributed by atoms with Gasteiger partial charge in [0.25, 0.3) is 0 Å². The molecule has 0 radical (unpaired) electrons. The minimum Gasteiger partial charge on any atom is -0.393 e. The molecule has 4 fully saturated rings. The van der Waals surface area contributed by atoms with Gasteiger partial charge in [-0.05, 0) is 0 Å². The zero-order valence-corrected chi connectivity index (χ0v) is 6.71. The molecule has 2 bridgehead atoms. The highest BCUT2D eigenvalue weighted by Crippen LogP contribution is 2.52. The second kappa shape index (κ2) is 2.08. The summed E-state index contributed by atoms with van der Waals surface area (Å²) in [6.45, 7) is 0. The van der Waals surface area contributed by atoms with Crippen LogP contribution in [0, 0.1) is 0 Å². The van der Waals surface area contributed by atoms with E-state index in [1.165, 1.54) is 0 Å². The SMILES string of the molecule is OC1CC2OB3OC2(O3)C(O)(O)C1. The molecule has 3 N–H and O–H groups in total. The molecule has 6 nitrogen and oxygen atoms in total. The third-order valence-corrected chi connectivity index (χ3v) is 2.81. The van der Waals surface area contributed by atoms with E-state index in [9.17, 15) is 15.3 Å². The Hall–Kier alpha value is -0.175. The highest BCUT2D eigenvalue weighted by molar-refractivity contribution is 6.40. The molecule has 2 atom stereocenters. The summed E-state index contributed by atoms with van der Waals surface area (Å²) in [4.78, 5) is 0. The van der Waals surface area contributed by atoms with Crippen LogP contribution in [0.15, 0.2) is 0 Å². The molecule has 4 rings (SSSR count). The van der Waals surface area contributed by atoms with Crippen molar-refractivity contribution in [3.63, 3.8) is 0 Å². The first-order chi connectivity index (χ1) is 6.03. The molecule has 3 aliphatic heterocycles. The molecular formula is C6H9BO6. The van der Waals surface area contributed by atoms with E-state index in [-0.39, 0.29) is 6.42 Å². The maximum Gasteiger partial charge on any atom is 0.644 e. The first-order valence-corrected chi connectivity index (χ1v) is 4.17. The van der Waals surface area contributed by atoms with Crippen molar-refractivity contribution < 1.29 is 29.3 Å². The van der Waals surface area contributed by atoms with Crippen LogP contribution >= 0.6 is 0 Å². The second-order valence-corrected chi connectivity index (χ2v) is 3.73. The summed E-state index contributed by atoms with van der Waals surface area (Å²) in [5.41, 5.74) is 0. The topological polar surface area (TPSA) is 88.4 Å². The Balaban J connectivity index is 1.96. The Morgan fingerprint density at radius 1 is 1.31 bits per heavy atom. The minimum absolute atomic E-state index is 0.181. The summed E-state index contributed by atoms with van der Waals surface area (Å²) in [6.07, 6.45) is -1.26. The lowest BCUT2D eigenvalue weighted by molar-refractivity contribution is -0.390. The summed E-state index contributed by atoms with van der Waals surface area (Å²) in [5, 5.41) is 28.5. The van der Waals surface area contributed by atoms with Crippen molar-refractivity contribution >= 4 is 7.32 Å². The zero-order valence-electron chi connectivity index (χ0n) is 6.71. The van der Waals surface area contributed by atoms with Crippen LogP contribution in [0.25, 0.3) is 0 Å². The number of hydrogen-bond donors (Lipinski definition) is 3. The molecule has 72 valence electrons. The third-order valence-electron chi connectivity index (χ3n) is 2.81. The summed E-state index contributed by atoms with van der Waals surface area (Å²) in [5.74, 6) is -3.63. The molecule has 0 aromatic heterocycles. The lowest BCUT2D eigenvalue weighted by Crippen LogP contribution is -2.70. The number of hydrogen-bond acceptors (Lipinski definition) is 6. The number of aliphatic hydroxyl groups is 3. The van der Waals surface area contributed by atoms with Crippen molar-refractivity contribution in [1.29, 1.82) is 0 Å². The Bertz CT molecular complexity index is 250. The zero-order chi connectivity index (χ0) is 9.27. The van der Waals surface area contributed by atoms with E-state index < -0.39 is 31.1 Å². The molecule has 1 saturated carbocycles. The van der Waals surface area contributed by atoms with E-state index in [0.717, 1.165) is 0 Å². The molecule has 1 aliphatic carbocycles. The van der Waals surface area contributed by atoms with E-state index >= 15 is 0 Å². The molecule has 0 aromatic rings. The van der Waals surface area contributed by atoms with Crippen molar-refractivity contribution in [1.82, 2.24) is 0 Å². The van der Waals surface area contributed by atoms with Crippen LogP contribution in [0.5, 0.6) is 0 Å². The summed E-state index contributed by atoms with van der Waals surface area (Å²) in [6, 6.07) is 0. The van der Waals surface area contributed by atoms with Crippen LogP contribution in [0.3, 0.4) is 0 Å². The second-order valence-electron chi connectivity index (χ2n) is 3.73. The van der Waals surface area contributed by atoms with Gasteiger partial charge in [-0.3, -0.25) is 0 Å². The monoisotopic (exact) mass is 188 g/mol. The van der Waals surface area contributed by atoms with E-state index in [1.807, 2.05) is 0 Å². The number of rotatable bonds is 0. The van der Waals surface area contributed by atoms with Gasteiger partial charge in [-0.25, -0.2) is 0 Å². The normalized spacial score (nSPS) is 44.1. The minimum atomic E-state index is -2.16. The van der Waals surface area contributed by atoms with Gasteiger partial charge in [0.1, 0.15) is 6.10 Å². The predicted molar refractivity (Wildman–Crippen MR) is 37.9 cm³/mol. The predicted octanol–water partition coefficient (Wildman–Crippen LogP) is -2.05. The average Bonchev–Trinajstić information content (AvgIpc) is 2.35. The largest absolute Gasteiger partial charge is 0.644 e. The Labute approximate surface area is 74.2 Å². The molecular weight excluding hydrogens is 179 g/mol. The Morgan fingerprint density at radius 2 is 2.00 bits per heavy atom. The van der Waals surface area contributed by atoms with Gasteiger partial charge in [0.05, 0.1) is 6.10 Å². The fraction of sp³-hybridized carbons (Fsp3) is 1.00. The van der Waals surface area contributed by atoms with Crippen LogP contribution in [-0.2, 0) is 14.0 Å². The summed E-state index contributed by atoms with van der Waals surface area (Å²) >= 11 is 0. The van der Waals surface area contributed by atoms with Crippen molar-refractivity contribution in [2.24, 2.45) is 0 Å². The van der Waals surface area contributed by atoms with Crippen LogP contribution < -0.4 is 0 Å². The van der Waals surface area contributed by atoms with Crippen molar-refractivity contribution in [3.05, 3.63) is 0 Å². The Morgan fingerprint density at radius 3 is 2.69 bits per heavy atom. The molecule has 1 spiro atoms. The van der Waals surface area contributed by atoms with Gasteiger partial charge >= 0.3 is 7.32 Å². The van der Waals surface area contributed by atoms with Crippen molar-refractivity contribution in [2.75, 3.05) is 0 Å². The van der Waals surface area contributed by atoms with Crippen LogP contribution in [0.1, 0.15) is 12.8 Å². The first-order valence-electron chi connectivity index (χ1n) is 4.17. The molecule has 0 aromatic carbocycles. The lowest BCUT2D eigenvalue weighted by Gasteiger charge is -2.49. The summed E-state index contributed by atoms with van der Waals surface area (Å²) < 4.78 is 15.2. The van der Waals surface area contributed by atoms with Gasteiger partial charge in [0.15, 0.2) is 0 Å². The highest BCUT2D eigenvalue weighted by atomic mass is 17.0. The lowest BCUT2D eigenvalue weighted by atomic mass is 9.82. The third kappa shape index (κ3) is 0.798. The van der Waals surface area contributed by atoms with Crippen LogP contribution in [-0.4, -0.2) is 46.4 Å². The Kier molecular flexibility index (Phi) is 1.30. The van der Waals surface area contributed by atoms with Crippen molar-refractivity contribution in [2.45, 2.75) is 36.6 Å². The van der Waals surface area contributed by atoms with Gasteiger partial charge in [0, 0.05) is 12.8 Å². The maximum absolute atomic E-state index is 9.58. The summed E-state index contributed by atoms with van der Waals surface area (Å²) in [7, 11) is -0.797. The molecule has 4 aliphatic rings. The van der Waals surface area contributed by atoms with Gasteiger partial charge < -0.3 is 29.3 Å². The van der Waals surface area contributed by atoms with Crippen molar-refractivity contribution in [3.8, 4) is 0 Å². The molecule has 0 amide bonds. The van der Waals surface area contributed by atoms with E-state index in [0.29, 0.717) is 6.42 Å². The maximum atomic E-state index is 9.58. The van der Waals surface area contributed by atoms with Crippen LogP contribution in [0.4, 0.5) is 0 Å². The molecule has 3 heterocycles. The highest BCUT2D eigenvalue weighted by Gasteiger charge is 2.77. The van der Waals surface area contributed by atoms with E-state index in [1.54, 1.807) is 0 Å².